The quantitative estimate of drug-likeness (QED) is 0.408. The van der Waals surface area contributed by atoms with E-state index in [4.69, 9.17) is 9.97 Å². The molecule has 142 valence electrons. The molecule has 1 N–H and O–H groups in total. The minimum Gasteiger partial charge on any atom is -0.340 e. The third-order valence-corrected chi connectivity index (χ3v) is 5.95. The van der Waals surface area contributed by atoms with Gasteiger partial charge in [0.05, 0.1) is 20.7 Å². The normalized spacial score (nSPS) is 11.2. The van der Waals surface area contributed by atoms with E-state index in [9.17, 15) is 0 Å². The van der Waals surface area contributed by atoms with Crippen molar-refractivity contribution < 1.29 is 0 Å². The number of hydrogen-bond donors (Lipinski definition) is 1. The summed E-state index contributed by atoms with van der Waals surface area (Å²) in [5.74, 6) is 1.48. The number of pyridine rings is 1. The van der Waals surface area contributed by atoms with E-state index in [0.29, 0.717) is 5.82 Å². The molecule has 0 aliphatic carbocycles. The third-order valence-electron chi connectivity index (χ3n) is 4.79. The highest BCUT2D eigenvalue weighted by Crippen LogP contribution is 2.30. The predicted octanol–water partition coefficient (Wildman–Crippen LogP) is 5.92. The molecule has 5 rings (SSSR count). The van der Waals surface area contributed by atoms with Crippen molar-refractivity contribution >= 4 is 44.0 Å². The molecule has 0 amide bonds. The topological polar surface area (TPSA) is 63.6 Å². The van der Waals surface area contributed by atoms with Crippen LogP contribution in [0.25, 0.3) is 32.5 Å². The van der Waals surface area contributed by atoms with Crippen LogP contribution in [0.15, 0.2) is 60.9 Å². The summed E-state index contributed by atoms with van der Waals surface area (Å²) < 4.78 is 1.18. The summed E-state index contributed by atoms with van der Waals surface area (Å²) in [5.41, 5.74) is 5.05. The van der Waals surface area contributed by atoms with Crippen LogP contribution in [0.1, 0.15) is 17.5 Å². The van der Waals surface area contributed by atoms with Crippen LogP contribution < -0.4 is 5.32 Å². The average Bonchev–Trinajstić information content (AvgIpc) is 3.17. The molecule has 2 aromatic carbocycles. The van der Waals surface area contributed by atoms with Crippen LogP contribution >= 0.6 is 11.3 Å². The summed E-state index contributed by atoms with van der Waals surface area (Å²) in [4.78, 5) is 18.4. The monoisotopic (exact) mass is 397 g/mol. The molecular formula is C23H19N5S. The number of benzene rings is 2. The van der Waals surface area contributed by atoms with E-state index >= 15 is 0 Å². The van der Waals surface area contributed by atoms with Crippen LogP contribution in [0, 0.1) is 6.92 Å². The first kappa shape index (κ1) is 17.7. The first-order valence-electron chi connectivity index (χ1n) is 9.55. The number of anilines is 2. The van der Waals surface area contributed by atoms with Gasteiger partial charge in [0.15, 0.2) is 5.82 Å². The van der Waals surface area contributed by atoms with Crippen molar-refractivity contribution in [3.05, 3.63) is 71.5 Å². The number of nitrogens with zero attached hydrogens (tertiary/aromatic N) is 4. The lowest BCUT2D eigenvalue weighted by Crippen LogP contribution is -1.99. The molecule has 6 heteroatoms. The van der Waals surface area contributed by atoms with E-state index in [1.807, 2.05) is 18.2 Å². The van der Waals surface area contributed by atoms with Crippen LogP contribution in [0.5, 0.6) is 0 Å². The average molecular weight is 398 g/mol. The fourth-order valence-corrected chi connectivity index (χ4v) is 4.25. The summed E-state index contributed by atoms with van der Waals surface area (Å²) in [7, 11) is 0. The minimum atomic E-state index is 0.679. The van der Waals surface area contributed by atoms with E-state index < -0.39 is 0 Å². The molecule has 0 bridgehead atoms. The Kier molecular flexibility index (Phi) is 4.41. The van der Waals surface area contributed by atoms with E-state index in [1.165, 1.54) is 10.3 Å². The molecule has 0 radical (unpaired) electrons. The molecular weight excluding hydrogens is 378 g/mol. The summed E-state index contributed by atoms with van der Waals surface area (Å²) in [6, 6.07) is 16.3. The molecule has 3 heterocycles. The fourth-order valence-electron chi connectivity index (χ4n) is 3.31. The van der Waals surface area contributed by atoms with E-state index in [2.05, 4.69) is 59.5 Å². The first-order chi connectivity index (χ1) is 14.2. The minimum absolute atomic E-state index is 0.679. The van der Waals surface area contributed by atoms with Crippen LogP contribution in [0.3, 0.4) is 0 Å². The van der Waals surface area contributed by atoms with Gasteiger partial charge in [-0.1, -0.05) is 18.6 Å². The van der Waals surface area contributed by atoms with E-state index in [-0.39, 0.29) is 0 Å². The Labute approximate surface area is 172 Å². The number of aryl methyl sites for hydroxylation is 2. The summed E-state index contributed by atoms with van der Waals surface area (Å²) in [6.45, 7) is 4.21. The maximum absolute atomic E-state index is 4.85. The van der Waals surface area contributed by atoms with Crippen molar-refractivity contribution in [2.75, 3.05) is 5.32 Å². The van der Waals surface area contributed by atoms with Gasteiger partial charge in [-0.15, -0.1) is 11.3 Å². The van der Waals surface area contributed by atoms with Gasteiger partial charge >= 0.3 is 0 Å². The van der Waals surface area contributed by atoms with Crippen LogP contribution in [0.2, 0.25) is 0 Å². The van der Waals surface area contributed by atoms with Crippen molar-refractivity contribution in [3.8, 4) is 11.4 Å². The Balaban J connectivity index is 1.63. The van der Waals surface area contributed by atoms with Crippen molar-refractivity contribution in [1.82, 2.24) is 19.9 Å². The highest BCUT2D eigenvalue weighted by molar-refractivity contribution is 7.18. The van der Waals surface area contributed by atoms with Crippen LogP contribution in [0.4, 0.5) is 11.5 Å². The Hall–Kier alpha value is -3.38. The maximum Gasteiger partial charge on any atom is 0.162 e. The number of rotatable bonds is 4. The van der Waals surface area contributed by atoms with Crippen molar-refractivity contribution in [2.24, 2.45) is 0 Å². The Morgan fingerprint density at radius 1 is 0.897 bits per heavy atom. The van der Waals surface area contributed by atoms with Gasteiger partial charge in [-0.2, -0.15) is 0 Å². The molecule has 0 aliphatic rings. The number of hydrogen-bond acceptors (Lipinski definition) is 6. The molecule has 0 fully saturated rings. The first-order valence-corrected chi connectivity index (χ1v) is 10.4. The number of aromatic nitrogens is 4. The van der Waals surface area contributed by atoms with Crippen LogP contribution in [-0.2, 0) is 6.42 Å². The number of thiazole rings is 1. The van der Waals surface area contributed by atoms with Crippen molar-refractivity contribution in [2.45, 2.75) is 20.3 Å². The smallest absolute Gasteiger partial charge is 0.162 e. The zero-order chi connectivity index (χ0) is 19.8. The van der Waals surface area contributed by atoms with Gasteiger partial charge in [-0.25, -0.2) is 15.0 Å². The summed E-state index contributed by atoms with van der Waals surface area (Å²) in [5, 5.41) is 5.67. The summed E-state index contributed by atoms with van der Waals surface area (Å²) in [6.07, 6.45) is 4.47. The molecule has 0 saturated carbocycles. The van der Waals surface area contributed by atoms with E-state index in [0.717, 1.165) is 44.9 Å². The lowest BCUT2D eigenvalue weighted by Gasteiger charge is -2.12. The second kappa shape index (κ2) is 7.22. The summed E-state index contributed by atoms with van der Waals surface area (Å²) >= 11 is 1.74. The number of nitrogens with one attached hydrogen (secondary N) is 1. The standard InChI is InChI=1S/C23H19N5S/c1-3-21-26-19-7-5-16(13-20(19)29-21)25-23-17-12-14(2)4-6-18(17)27-22(28-23)15-8-10-24-11-9-15/h4-13H,3H2,1-2H3,(H,25,27,28). The molecule has 5 nitrogen and oxygen atoms in total. The Bertz CT molecular complexity index is 1330. The van der Waals surface area contributed by atoms with Crippen LogP contribution in [-0.4, -0.2) is 19.9 Å². The second-order valence-electron chi connectivity index (χ2n) is 6.92. The van der Waals surface area contributed by atoms with Crippen molar-refractivity contribution in [3.63, 3.8) is 0 Å². The Morgan fingerprint density at radius 2 is 1.72 bits per heavy atom. The van der Waals surface area contributed by atoms with Gasteiger partial charge in [0.2, 0.25) is 0 Å². The molecule has 5 aromatic rings. The largest absolute Gasteiger partial charge is 0.340 e. The Morgan fingerprint density at radius 3 is 2.55 bits per heavy atom. The molecule has 0 saturated heterocycles. The molecule has 29 heavy (non-hydrogen) atoms. The van der Waals surface area contributed by atoms with Gasteiger partial charge in [0, 0.05) is 29.0 Å². The molecule has 0 aliphatic heterocycles. The lowest BCUT2D eigenvalue weighted by molar-refractivity contribution is 1.11. The fraction of sp³-hybridized carbons (Fsp3) is 0.130. The SMILES string of the molecule is CCc1nc2ccc(Nc3nc(-c4ccncc4)nc4ccc(C)cc34)cc2s1. The number of fused-ring (bicyclic) bond motifs is 2. The molecule has 0 atom stereocenters. The molecule has 0 unspecified atom stereocenters. The zero-order valence-electron chi connectivity index (χ0n) is 16.2. The lowest BCUT2D eigenvalue weighted by atomic mass is 10.1. The highest BCUT2D eigenvalue weighted by Gasteiger charge is 2.11. The van der Waals surface area contributed by atoms with Gasteiger partial charge in [-0.05, 0) is 55.8 Å². The third kappa shape index (κ3) is 3.43. The maximum atomic E-state index is 4.85. The zero-order valence-corrected chi connectivity index (χ0v) is 17.0. The van der Waals surface area contributed by atoms with Gasteiger partial charge in [0.1, 0.15) is 5.82 Å². The van der Waals surface area contributed by atoms with E-state index in [1.54, 1.807) is 23.7 Å². The highest BCUT2D eigenvalue weighted by atomic mass is 32.1. The molecule has 0 spiro atoms. The van der Waals surface area contributed by atoms with Crippen molar-refractivity contribution in [1.29, 1.82) is 0 Å². The molecule has 3 aromatic heterocycles. The second-order valence-corrected chi connectivity index (χ2v) is 8.04. The van der Waals surface area contributed by atoms with Gasteiger partial charge in [-0.3, -0.25) is 4.98 Å². The van der Waals surface area contributed by atoms with Gasteiger partial charge in [0.25, 0.3) is 0 Å². The predicted molar refractivity (Wildman–Crippen MR) is 120 cm³/mol. The van der Waals surface area contributed by atoms with Gasteiger partial charge < -0.3 is 5.32 Å².